The van der Waals surface area contributed by atoms with Crippen LogP contribution in [-0.4, -0.2) is 27.2 Å². The van der Waals surface area contributed by atoms with Crippen LogP contribution >= 0.6 is 23.4 Å². The van der Waals surface area contributed by atoms with E-state index in [-0.39, 0.29) is 11.7 Å². The number of hydrogen-bond acceptors (Lipinski definition) is 6. The molecule has 1 saturated heterocycles. The molecule has 4 aromatic rings. The van der Waals surface area contributed by atoms with E-state index in [0.717, 1.165) is 36.5 Å². The number of halogens is 1. The Hall–Kier alpha value is -2.61. The van der Waals surface area contributed by atoms with Crippen molar-refractivity contribution < 1.29 is 9.15 Å². The molecule has 1 atom stereocenters. The van der Waals surface area contributed by atoms with E-state index in [0.29, 0.717) is 39.3 Å². The minimum atomic E-state index is -0.0349. The molecule has 5 rings (SSSR count). The van der Waals surface area contributed by atoms with E-state index in [1.807, 2.05) is 55.5 Å². The summed E-state index contributed by atoms with van der Waals surface area (Å²) in [6.07, 6.45) is 2.02. The molecule has 6 nitrogen and oxygen atoms in total. The number of fused-ring (bicyclic) bond motifs is 1. The third kappa shape index (κ3) is 4.33. The van der Waals surface area contributed by atoms with Gasteiger partial charge in [0.25, 0.3) is 5.56 Å². The highest BCUT2D eigenvalue weighted by atomic mass is 35.5. The van der Waals surface area contributed by atoms with Gasteiger partial charge in [0, 0.05) is 22.9 Å². The second kappa shape index (κ2) is 9.10. The fraction of sp³-hybridized carbons (Fsp3) is 0.292. The minimum absolute atomic E-state index is 0.0349. The third-order valence-electron chi connectivity index (χ3n) is 5.56. The van der Waals surface area contributed by atoms with Crippen LogP contribution in [0.2, 0.25) is 5.02 Å². The zero-order valence-electron chi connectivity index (χ0n) is 17.6. The van der Waals surface area contributed by atoms with Gasteiger partial charge in [0.1, 0.15) is 5.76 Å². The lowest BCUT2D eigenvalue weighted by Gasteiger charge is -2.16. The summed E-state index contributed by atoms with van der Waals surface area (Å²) in [5.74, 6) is 1.84. The average Bonchev–Trinajstić information content (AvgIpc) is 3.45. The molecule has 1 fully saturated rings. The van der Waals surface area contributed by atoms with Gasteiger partial charge in [0.2, 0.25) is 5.89 Å². The van der Waals surface area contributed by atoms with Crippen molar-refractivity contribution in [1.82, 2.24) is 14.5 Å². The molecule has 3 heterocycles. The number of rotatable bonds is 6. The van der Waals surface area contributed by atoms with E-state index in [1.54, 1.807) is 4.57 Å². The molecule has 0 saturated carbocycles. The zero-order valence-corrected chi connectivity index (χ0v) is 19.2. The predicted octanol–water partition coefficient (Wildman–Crippen LogP) is 5.48. The number of benzene rings is 2. The Kier molecular flexibility index (Phi) is 6.04. The molecule has 0 radical (unpaired) electrons. The largest absolute Gasteiger partial charge is 0.441 e. The summed E-state index contributed by atoms with van der Waals surface area (Å²) >= 11 is 7.48. The summed E-state index contributed by atoms with van der Waals surface area (Å²) in [6, 6.07) is 14.9. The van der Waals surface area contributed by atoms with Gasteiger partial charge in [0.05, 0.1) is 29.2 Å². The van der Waals surface area contributed by atoms with E-state index in [1.165, 1.54) is 11.8 Å². The molecule has 2 aromatic carbocycles. The Balaban J connectivity index is 1.44. The third-order valence-corrected chi connectivity index (χ3v) is 6.80. The molecule has 0 aliphatic carbocycles. The highest BCUT2D eigenvalue weighted by Crippen LogP contribution is 2.28. The first-order chi connectivity index (χ1) is 15.6. The van der Waals surface area contributed by atoms with Gasteiger partial charge in [-0.1, -0.05) is 35.5 Å². The molecule has 8 heteroatoms. The van der Waals surface area contributed by atoms with Gasteiger partial charge < -0.3 is 9.15 Å². The van der Waals surface area contributed by atoms with Crippen molar-refractivity contribution >= 4 is 34.3 Å². The first kappa shape index (κ1) is 21.2. The lowest BCUT2D eigenvalue weighted by Crippen LogP contribution is -2.28. The van der Waals surface area contributed by atoms with Crippen molar-refractivity contribution in [3.63, 3.8) is 0 Å². The van der Waals surface area contributed by atoms with Crippen molar-refractivity contribution in [2.24, 2.45) is 0 Å². The van der Waals surface area contributed by atoms with E-state index in [9.17, 15) is 4.79 Å². The number of hydrogen-bond donors (Lipinski definition) is 0. The van der Waals surface area contributed by atoms with Crippen LogP contribution < -0.4 is 5.56 Å². The van der Waals surface area contributed by atoms with E-state index in [2.05, 4.69) is 4.98 Å². The average molecular weight is 468 g/mol. The summed E-state index contributed by atoms with van der Waals surface area (Å²) in [6.45, 7) is 3.15. The smallest absolute Gasteiger partial charge is 0.262 e. The van der Waals surface area contributed by atoms with Crippen LogP contribution in [0.15, 0.2) is 62.9 Å². The van der Waals surface area contributed by atoms with E-state index in [4.69, 9.17) is 25.7 Å². The fourth-order valence-corrected chi connectivity index (χ4v) is 4.96. The second-order valence-corrected chi connectivity index (χ2v) is 9.16. The maximum absolute atomic E-state index is 13.2. The topological polar surface area (TPSA) is 70.2 Å². The number of nitrogens with zero attached hydrogens (tertiary/aromatic N) is 3. The summed E-state index contributed by atoms with van der Waals surface area (Å²) < 4.78 is 13.4. The maximum atomic E-state index is 13.2. The Labute approximate surface area is 194 Å². The van der Waals surface area contributed by atoms with Crippen molar-refractivity contribution in [3.05, 3.63) is 75.4 Å². The van der Waals surface area contributed by atoms with Crippen LogP contribution in [0, 0.1) is 6.92 Å². The quantitative estimate of drug-likeness (QED) is 0.276. The molecule has 1 aliphatic heterocycles. The van der Waals surface area contributed by atoms with Crippen molar-refractivity contribution in [3.8, 4) is 11.5 Å². The molecule has 32 heavy (non-hydrogen) atoms. The lowest BCUT2D eigenvalue weighted by atomic mass is 10.2. The van der Waals surface area contributed by atoms with E-state index >= 15 is 0 Å². The molecule has 0 spiro atoms. The Morgan fingerprint density at radius 2 is 1.97 bits per heavy atom. The Morgan fingerprint density at radius 1 is 1.16 bits per heavy atom. The van der Waals surface area contributed by atoms with Crippen molar-refractivity contribution in [2.75, 3.05) is 6.61 Å². The highest BCUT2D eigenvalue weighted by Gasteiger charge is 2.21. The molecular weight excluding hydrogens is 446 g/mol. The van der Waals surface area contributed by atoms with Crippen LogP contribution in [0.5, 0.6) is 0 Å². The zero-order chi connectivity index (χ0) is 22.1. The van der Waals surface area contributed by atoms with Gasteiger partial charge in [0.15, 0.2) is 5.16 Å². The van der Waals surface area contributed by atoms with Gasteiger partial charge in [-0.15, -0.1) is 0 Å². The molecule has 164 valence electrons. The van der Waals surface area contributed by atoms with Crippen LogP contribution in [0.4, 0.5) is 0 Å². The van der Waals surface area contributed by atoms with E-state index < -0.39 is 0 Å². The van der Waals surface area contributed by atoms with Gasteiger partial charge in [-0.25, -0.2) is 9.97 Å². The number of oxazole rings is 1. The molecule has 0 bridgehead atoms. The summed E-state index contributed by atoms with van der Waals surface area (Å²) in [4.78, 5) is 22.7. The number of para-hydroxylation sites is 1. The normalized spacial score (nSPS) is 16.1. The number of ether oxygens (including phenoxy) is 1. The van der Waals surface area contributed by atoms with Gasteiger partial charge in [-0.3, -0.25) is 9.36 Å². The molecule has 2 aromatic heterocycles. The standard InChI is InChI=1S/C24H22ClN3O3S/c1-15-21(26-22(31-15)16-8-10-17(25)11-9-16)14-32-24-27-20-7-3-2-6-19(20)23(29)28(24)13-18-5-4-12-30-18/h2-3,6-11,18H,4-5,12-14H2,1H3. The van der Waals surface area contributed by atoms with Crippen molar-refractivity contribution in [2.45, 2.75) is 43.3 Å². The van der Waals surface area contributed by atoms with Gasteiger partial charge in [-0.05, 0) is 56.2 Å². The lowest BCUT2D eigenvalue weighted by molar-refractivity contribution is 0.0937. The monoisotopic (exact) mass is 467 g/mol. The fourth-order valence-electron chi connectivity index (χ4n) is 3.82. The molecule has 0 N–H and O–H groups in total. The predicted molar refractivity (Wildman–Crippen MR) is 126 cm³/mol. The molecule has 1 unspecified atom stereocenters. The van der Waals surface area contributed by atoms with Crippen molar-refractivity contribution in [1.29, 1.82) is 0 Å². The molecule has 0 amide bonds. The van der Waals surface area contributed by atoms with Gasteiger partial charge in [-0.2, -0.15) is 0 Å². The molecule has 1 aliphatic rings. The summed E-state index contributed by atoms with van der Waals surface area (Å²) in [5, 5.41) is 1.96. The first-order valence-electron chi connectivity index (χ1n) is 10.5. The Morgan fingerprint density at radius 3 is 2.75 bits per heavy atom. The van der Waals surface area contributed by atoms with Crippen LogP contribution in [-0.2, 0) is 17.0 Å². The summed E-state index contributed by atoms with van der Waals surface area (Å²) in [5.41, 5.74) is 2.36. The molecular formula is C24H22ClN3O3S. The number of thioether (sulfide) groups is 1. The summed E-state index contributed by atoms with van der Waals surface area (Å²) in [7, 11) is 0. The highest BCUT2D eigenvalue weighted by molar-refractivity contribution is 7.98. The van der Waals surface area contributed by atoms with Gasteiger partial charge >= 0.3 is 0 Å². The SMILES string of the molecule is Cc1oc(-c2ccc(Cl)cc2)nc1CSc1nc2ccccc2c(=O)n1CC1CCCO1. The Bertz CT molecular complexity index is 1310. The number of aromatic nitrogens is 3. The number of aryl methyl sites for hydroxylation is 1. The second-order valence-electron chi connectivity index (χ2n) is 7.78. The maximum Gasteiger partial charge on any atom is 0.262 e. The minimum Gasteiger partial charge on any atom is -0.441 e. The van der Waals surface area contributed by atoms with Crippen LogP contribution in [0.3, 0.4) is 0 Å². The first-order valence-corrected chi connectivity index (χ1v) is 11.9. The van der Waals surface area contributed by atoms with Crippen LogP contribution in [0.25, 0.3) is 22.4 Å². The van der Waals surface area contributed by atoms with Crippen LogP contribution in [0.1, 0.15) is 24.3 Å².